The first-order valence-electron chi connectivity index (χ1n) is 11.2. The fourth-order valence-corrected chi connectivity index (χ4v) is 4.55. The summed E-state index contributed by atoms with van der Waals surface area (Å²) >= 11 is 1.71. The minimum Gasteiger partial charge on any atom is -0.452 e. The Balaban J connectivity index is 1.28. The zero-order valence-corrected chi connectivity index (χ0v) is 20.0. The van der Waals surface area contributed by atoms with Crippen molar-refractivity contribution in [2.75, 3.05) is 23.8 Å². The molecule has 0 radical (unpaired) electrons. The van der Waals surface area contributed by atoms with E-state index in [-0.39, 0.29) is 16.7 Å². The first-order valence-corrected chi connectivity index (χ1v) is 12.1. The van der Waals surface area contributed by atoms with Gasteiger partial charge in [0.05, 0.1) is 22.4 Å². The van der Waals surface area contributed by atoms with Crippen molar-refractivity contribution >= 4 is 41.1 Å². The number of nitrogens with zero attached hydrogens (tertiary/aromatic N) is 1. The van der Waals surface area contributed by atoms with Crippen molar-refractivity contribution in [2.45, 2.75) is 18.2 Å². The number of esters is 1. The average molecular weight is 489 g/mol. The number of fused-ring (bicyclic) bond motifs is 1. The van der Waals surface area contributed by atoms with Gasteiger partial charge in [0.1, 0.15) is 0 Å². The number of aryl methyl sites for hydroxylation is 1. The predicted octanol–water partition coefficient (Wildman–Crippen LogP) is 4.25. The number of hydrogen-bond donors (Lipinski definition) is 1. The molecule has 0 spiro atoms. The summed E-state index contributed by atoms with van der Waals surface area (Å²) in [5.74, 6) is -1.23. The molecule has 3 amide bonds. The molecule has 1 heterocycles. The number of carbonyl (C=O) groups excluding carboxylic acids is 4. The Morgan fingerprint density at radius 2 is 1.63 bits per heavy atom. The summed E-state index contributed by atoms with van der Waals surface area (Å²) < 4.78 is 5.10. The Kier molecular flexibility index (Phi) is 7.62. The topological polar surface area (TPSA) is 92.8 Å². The average Bonchev–Trinajstić information content (AvgIpc) is 3.12. The van der Waals surface area contributed by atoms with E-state index in [1.165, 1.54) is 23.1 Å². The van der Waals surface area contributed by atoms with Gasteiger partial charge in [0.2, 0.25) is 0 Å². The van der Waals surface area contributed by atoms with Crippen LogP contribution < -0.4 is 10.2 Å². The molecule has 0 aliphatic carbocycles. The number of ether oxygens (including phenoxy) is 1. The molecule has 35 heavy (non-hydrogen) atoms. The number of nitrogens with one attached hydrogen (secondary N) is 1. The molecule has 178 valence electrons. The quantitative estimate of drug-likeness (QED) is 0.210. The summed E-state index contributed by atoms with van der Waals surface area (Å²) in [6.45, 7) is 1.86. The van der Waals surface area contributed by atoms with E-state index in [1.807, 2.05) is 49.4 Å². The Morgan fingerprint density at radius 3 is 2.40 bits per heavy atom. The van der Waals surface area contributed by atoms with Crippen LogP contribution in [0.5, 0.6) is 0 Å². The third kappa shape index (κ3) is 5.60. The van der Waals surface area contributed by atoms with Gasteiger partial charge in [-0.25, -0.2) is 9.69 Å². The molecule has 1 N–H and O–H groups in total. The van der Waals surface area contributed by atoms with Crippen molar-refractivity contribution in [3.05, 3.63) is 95.1 Å². The van der Waals surface area contributed by atoms with Crippen molar-refractivity contribution < 1.29 is 23.9 Å². The third-order valence-electron chi connectivity index (χ3n) is 5.47. The summed E-state index contributed by atoms with van der Waals surface area (Å²) in [5.41, 5.74) is 1.74. The van der Waals surface area contributed by atoms with E-state index in [0.717, 1.165) is 22.6 Å². The summed E-state index contributed by atoms with van der Waals surface area (Å²) in [4.78, 5) is 52.5. The molecule has 3 aromatic carbocycles. The fraction of sp³-hybridized carbons (Fsp3) is 0.185. The normalized spacial score (nSPS) is 12.4. The fourth-order valence-electron chi connectivity index (χ4n) is 3.67. The van der Waals surface area contributed by atoms with Crippen molar-refractivity contribution in [3.8, 4) is 0 Å². The second-order valence-corrected chi connectivity index (χ2v) is 9.10. The van der Waals surface area contributed by atoms with Gasteiger partial charge in [0, 0.05) is 11.4 Å². The summed E-state index contributed by atoms with van der Waals surface area (Å²) in [6, 6.07) is 21.3. The highest BCUT2D eigenvalue weighted by Gasteiger charge is 2.37. The molecule has 4 rings (SSSR count). The van der Waals surface area contributed by atoms with E-state index in [2.05, 4.69) is 5.32 Å². The van der Waals surface area contributed by atoms with Crippen LogP contribution in [0, 0.1) is 6.92 Å². The second kappa shape index (κ2) is 11.0. The zero-order valence-electron chi connectivity index (χ0n) is 19.2. The molecule has 0 saturated carbocycles. The molecule has 7 nitrogen and oxygen atoms in total. The number of carbonyl (C=O) groups is 4. The summed E-state index contributed by atoms with van der Waals surface area (Å²) in [7, 11) is 0. The van der Waals surface area contributed by atoms with Crippen LogP contribution in [-0.2, 0) is 9.53 Å². The zero-order chi connectivity index (χ0) is 24.8. The molecule has 3 aromatic rings. The molecule has 0 aromatic heterocycles. The van der Waals surface area contributed by atoms with Gasteiger partial charge in [0.15, 0.2) is 6.61 Å². The minimum absolute atomic E-state index is 0.101. The van der Waals surface area contributed by atoms with Crippen LogP contribution in [0.4, 0.5) is 5.69 Å². The summed E-state index contributed by atoms with van der Waals surface area (Å²) in [6.07, 6.45) is 0.775. The highest BCUT2D eigenvalue weighted by atomic mass is 32.2. The molecular formula is C27H24N2O5S. The van der Waals surface area contributed by atoms with Crippen LogP contribution in [0.15, 0.2) is 77.7 Å². The number of amides is 3. The number of rotatable bonds is 9. The van der Waals surface area contributed by atoms with Crippen LogP contribution in [0.25, 0.3) is 0 Å². The van der Waals surface area contributed by atoms with E-state index in [1.54, 1.807) is 23.9 Å². The van der Waals surface area contributed by atoms with Crippen LogP contribution in [0.3, 0.4) is 0 Å². The van der Waals surface area contributed by atoms with Gasteiger partial charge in [-0.05, 0) is 61.1 Å². The van der Waals surface area contributed by atoms with E-state index in [4.69, 9.17) is 4.74 Å². The highest BCUT2D eigenvalue weighted by molar-refractivity contribution is 7.99. The lowest BCUT2D eigenvalue weighted by molar-refractivity contribution is -0.124. The lowest BCUT2D eigenvalue weighted by Gasteiger charge is -2.16. The lowest BCUT2D eigenvalue weighted by atomic mass is 10.1. The Bertz CT molecular complexity index is 1280. The molecule has 1 aliphatic rings. The molecule has 0 unspecified atom stereocenters. The molecule has 0 bridgehead atoms. The third-order valence-corrected chi connectivity index (χ3v) is 6.57. The summed E-state index contributed by atoms with van der Waals surface area (Å²) in [5, 5.41) is 2.72. The molecular weight excluding hydrogens is 464 g/mol. The van der Waals surface area contributed by atoms with Crippen molar-refractivity contribution in [3.63, 3.8) is 0 Å². The largest absolute Gasteiger partial charge is 0.452 e. The lowest BCUT2D eigenvalue weighted by Crippen LogP contribution is -2.30. The minimum atomic E-state index is -0.739. The van der Waals surface area contributed by atoms with Gasteiger partial charge < -0.3 is 10.1 Å². The number of hydrogen-bond acceptors (Lipinski definition) is 6. The Labute approximate surface area is 207 Å². The molecule has 1 aliphatic heterocycles. The predicted molar refractivity (Wildman–Crippen MR) is 134 cm³/mol. The van der Waals surface area contributed by atoms with E-state index < -0.39 is 30.3 Å². The maximum Gasteiger partial charge on any atom is 0.338 e. The van der Waals surface area contributed by atoms with Crippen molar-refractivity contribution in [1.82, 2.24) is 5.32 Å². The first kappa shape index (κ1) is 24.2. The van der Waals surface area contributed by atoms with Crippen LogP contribution >= 0.6 is 11.8 Å². The first-order chi connectivity index (χ1) is 17.0. The number of benzene rings is 3. The standard InChI is InChI=1S/C27H24N2O5S/c1-18-8-5-6-11-23(18)29-25(31)21-13-12-19(16-22(21)26(29)32)27(33)34-17-24(30)28-14-7-15-35-20-9-3-2-4-10-20/h2-6,8-13,16H,7,14-15,17H2,1H3,(H,28,30). The number of anilines is 1. The van der Waals surface area contributed by atoms with Gasteiger partial charge >= 0.3 is 5.97 Å². The number of imide groups is 1. The van der Waals surface area contributed by atoms with Gasteiger partial charge in [-0.15, -0.1) is 11.8 Å². The van der Waals surface area contributed by atoms with Gasteiger partial charge in [0.25, 0.3) is 17.7 Å². The van der Waals surface area contributed by atoms with E-state index in [0.29, 0.717) is 12.2 Å². The maximum atomic E-state index is 12.9. The van der Waals surface area contributed by atoms with Gasteiger partial charge in [-0.2, -0.15) is 0 Å². The van der Waals surface area contributed by atoms with E-state index >= 15 is 0 Å². The second-order valence-electron chi connectivity index (χ2n) is 7.93. The van der Waals surface area contributed by atoms with Crippen molar-refractivity contribution in [1.29, 1.82) is 0 Å². The van der Waals surface area contributed by atoms with E-state index in [9.17, 15) is 19.2 Å². The number of thioether (sulfide) groups is 1. The SMILES string of the molecule is Cc1ccccc1N1C(=O)c2ccc(C(=O)OCC(=O)NCCCSc3ccccc3)cc2C1=O. The van der Waals surface area contributed by atoms with Gasteiger partial charge in [-0.3, -0.25) is 14.4 Å². The maximum absolute atomic E-state index is 12.9. The molecule has 8 heteroatoms. The molecule has 0 fully saturated rings. The molecule has 0 atom stereocenters. The van der Waals surface area contributed by atoms with Crippen LogP contribution in [0.1, 0.15) is 43.1 Å². The Hall–Kier alpha value is -3.91. The van der Waals surface area contributed by atoms with Gasteiger partial charge in [-0.1, -0.05) is 36.4 Å². The van der Waals surface area contributed by atoms with Crippen molar-refractivity contribution in [2.24, 2.45) is 0 Å². The Morgan fingerprint density at radius 1 is 0.914 bits per heavy atom. The smallest absolute Gasteiger partial charge is 0.338 e. The van der Waals surface area contributed by atoms with Crippen LogP contribution in [-0.4, -0.2) is 42.6 Å². The molecule has 0 saturated heterocycles. The highest BCUT2D eigenvalue weighted by Crippen LogP contribution is 2.31. The number of para-hydroxylation sites is 1. The monoisotopic (exact) mass is 488 g/mol. The van der Waals surface area contributed by atoms with Crippen LogP contribution in [0.2, 0.25) is 0 Å².